The molecule has 0 saturated heterocycles. The van der Waals surface area contributed by atoms with E-state index in [2.05, 4.69) is 104 Å². The van der Waals surface area contributed by atoms with E-state index in [9.17, 15) is 0 Å². The molecule has 0 aromatic heterocycles. The molecule has 23 heavy (non-hydrogen) atoms. The molecular weight excluding hydrogens is 292 g/mol. The summed E-state index contributed by atoms with van der Waals surface area (Å²) in [6.45, 7) is 6.88. The molecule has 1 unspecified atom stereocenters. The monoisotopic (exact) mass is 314 g/mol. The molecule has 0 saturated carbocycles. The highest BCUT2D eigenvalue weighted by Crippen LogP contribution is 2.27. The number of rotatable bonds is 2. The van der Waals surface area contributed by atoms with Gasteiger partial charge in [-0.1, -0.05) is 92.3 Å². The van der Waals surface area contributed by atoms with Gasteiger partial charge in [-0.25, -0.2) is 0 Å². The first-order valence-electron chi connectivity index (χ1n) is 8.09. The van der Waals surface area contributed by atoms with E-state index < -0.39 is 8.07 Å². The van der Waals surface area contributed by atoms with E-state index in [4.69, 9.17) is 0 Å². The number of benzene rings is 3. The lowest BCUT2D eigenvalue weighted by Crippen LogP contribution is -2.17. The summed E-state index contributed by atoms with van der Waals surface area (Å²) in [5.74, 6) is 3.71. The van der Waals surface area contributed by atoms with E-state index in [0.29, 0.717) is 0 Å². The summed E-state index contributed by atoms with van der Waals surface area (Å²) in [7, 11) is -1.40. The van der Waals surface area contributed by atoms with Crippen LogP contribution in [0.5, 0.6) is 0 Å². The standard InChI is InChI=1S/C22H22Si/c1-23(2,3)16-15-22(19-10-5-4-6-11-19)21-14-13-18-9-7-8-12-20(18)17-21/h4-14,17,22H,1-3H3. The first-order valence-corrected chi connectivity index (χ1v) is 11.6. The fourth-order valence-electron chi connectivity index (χ4n) is 2.68. The topological polar surface area (TPSA) is 0 Å². The molecule has 0 fully saturated rings. The van der Waals surface area contributed by atoms with E-state index >= 15 is 0 Å². The minimum atomic E-state index is -1.40. The zero-order valence-electron chi connectivity index (χ0n) is 14.0. The van der Waals surface area contributed by atoms with Gasteiger partial charge in [0.15, 0.2) is 0 Å². The minimum Gasteiger partial charge on any atom is -0.131 e. The lowest BCUT2D eigenvalue weighted by molar-refractivity contribution is 1.07. The lowest BCUT2D eigenvalue weighted by Gasteiger charge is -2.14. The fourth-order valence-corrected chi connectivity index (χ4v) is 3.26. The molecule has 0 heterocycles. The van der Waals surface area contributed by atoms with E-state index in [1.165, 1.54) is 21.9 Å². The van der Waals surface area contributed by atoms with Crippen molar-refractivity contribution in [3.05, 3.63) is 83.9 Å². The molecule has 0 N–H and O–H groups in total. The van der Waals surface area contributed by atoms with Crippen LogP contribution < -0.4 is 0 Å². The van der Waals surface area contributed by atoms with E-state index in [1.807, 2.05) is 0 Å². The Morgan fingerprint density at radius 2 is 1.35 bits per heavy atom. The third-order valence-corrected chi connectivity index (χ3v) is 4.73. The van der Waals surface area contributed by atoms with Crippen molar-refractivity contribution in [2.45, 2.75) is 25.6 Å². The van der Waals surface area contributed by atoms with Crippen LogP contribution in [0, 0.1) is 11.5 Å². The van der Waals surface area contributed by atoms with Gasteiger partial charge in [-0.3, -0.25) is 0 Å². The molecule has 0 aliphatic rings. The summed E-state index contributed by atoms with van der Waals surface area (Å²) in [6.07, 6.45) is 0. The molecule has 1 atom stereocenters. The van der Waals surface area contributed by atoms with Crippen LogP contribution in [0.4, 0.5) is 0 Å². The van der Waals surface area contributed by atoms with Crippen LogP contribution in [0.2, 0.25) is 19.6 Å². The van der Waals surface area contributed by atoms with Crippen LogP contribution in [0.3, 0.4) is 0 Å². The highest BCUT2D eigenvalue weighted by atomic mass is 28.3. The summed E-state index contributed by atoms with van der Waals surface area (Å²) < 4.78 is 0. The molecule has 3 aromatic rings. The number of hydrogen-bond acceptors (Lipinski definition) is 0. The SMILES string of the molecule is C[Si](C)(C)C#CC(c1ccccc1)c1ccc2ccccc2c1. The Morgan fingerprint density at radius 1 is 0.696 bits per heavy atom. The maximum absolute atomic E-state index is 3.57. The fraction of sp³-hybridized carbons (Fsp3) is 0.182. The molecule has 3 aromatic carbocycles. The summed E-state index contributed by atoms with van der Waals surface area (Å²) in [4.78, 5) is 0. The molecule has 114 valence electrons. The Hall–Kier alpha value is -2.30. The smallest absolute Gasteiger partial charge is 0.129 e. The average molecular weight is 315 g/mol. The van der Waals surface area contributed by atoms with Gasteiger partial charge in [0, 0.05) is 0 Å². The van der Waals surface area contributed by atoms with Crippen molar-refractivity contribution in [3.63, 3.8) is 0 Å². The van der Waals surface area contributed by atoms with Crippen LogP contribution >= 0.6 is 0 Å². The molecule has 0 radical (unpaired) electrons. The minimum absolute atomic E-state index is 0.146. The molecule has 0 aliphatic carbocycles. The second kappa shape index (κ2) is 6.44. The Labute approximate surface area is 140 Å². The third-order valence-electron chi connectivity index (χ3n) is 3.83. The predicted octanol–water partition coefficient (Wildman–Crippen LogP) is 5.85. The van der Waals surface area contributed by atoms with Crippen LogP contribution in [0.15, 0.2) is 72.8 Å². The van der Waals surface area contributed by atoms with Crippen LogP contribution in [-0.4, -0.2) is 8.07 Å². The Kier molecular flexibility index (Phi) is 4.36. The number of fused-ring (bicyclic) bond motifs is 1. The normalized spacial score (nSPS) is 12.5. The van der Waals surface area contributed by atoms with E-state index in [-0.39, 0.29) is 5.92 Å². The predicted molar refractivity (Wildman–Crippen MR) is 103 cm³/mol. The maximum Gasteiger partial charge on any atom is 0.129 e. The molecule has 1 heteroatoms. The quantitative estimate of drug-likeness (QED) is 0.411. The van der Waals surface area contributed by atoms with Crippen LogP contribution in [0.25, 0.3) is 10.8 Å². The molecule has 3 rings (SSSR count). The molecule has 0 bridgehead atoms. The summed E-state index contributed by atoms with van der Waals surface area (Å²) >= 11 is 0. The van der Waals surface area contributed by atoms with Gasteiger partial charge in [0.05, 0.1) is 5.92 Å². The number of hydrogen-bond donors (Lipinski definition) is 0. The van der Waals surface area contributed by atoms with Gasteiger partial charge < -0.3 is 0 Å². The van der Waals surface area contributed by atoms with Crippen molar-refractivity contribution in [3.8, 4) is 11.5 Å². The van der Waals surface area contributed by atoms with Crippen molar-refractivity contribution in [1.29, 1.82) is 0 Å². The zero-order chi connectivity index (χ0) is 16.3. The summed E-state index contributed by atoms with van der Waals surface area (Å²) in [5, 5.41) is 2.56. The molecular formula is C22H22Si. The van der Waals surface area contributed by atoms with Gasteiger partial charge >= 0.3 is 0 Å². The average Bonchev–Trinajstić information content (AvgIpc) is 2.55. The van der Waals surface area contributed by atoms with Crippen molar-refractivity contribution >= 4 is 18.8 Å². The molecule has 0 spiro atoms. The van der Waals surface area contributed by atoms with Gasteiger partial charge in [-0.05, 0) is 28.0 Å². The van der Waals surface area contributed by atoms with Gasteiger partial charge in [-0.15, -0.1) is 5.54 Å². The van der Waals surface area contributed by atoms with Gasteiger partial charge in [0.1, 0.15) is 8.07 Å². The summed E-state index contributed by atoms with van der Waals surface area (Å²) in [5.41, 5.74) is 6.11. The zero-order valence-corrected chi connectivity index (χ0v) is 15.0. The Balaban J connectivity index is 2.11. The maximum atomic E-state index is 3.57. The second-order valence-electron chi connectivity index (χ2n) is 6.97. The Bertz CT molecular complexity index is 861. The van der Waals surface area contributed by atoms with E-state index in [1.54, 1.807) is 0 Å². The third kappa shape index (κ3) is 3.91. The lowest BCUT2D eigenvalue weighted by atomic mass is 9.91. The molecule has 0 amide bonds. The van der Waals surface area contributed by atoms with Gasteiger partial charge in [0.25, 0.3) is 0 Å². The van der Waals surface area contributed by atoms with Crippen LogP contribution in [0.1, 0.15) is 17.0 Å². The first kappa shape index (κ1) is 15.6. The Morgan fingerprint density at radius 3 is 2.04 bits per heavy atom. The van der Waals surface area contributed by atoms with Crippen LogP contribution in [-0.2, 0) is 0 Å². The largest absolute Gasteiger partial charge is 0.131 e. The molecule has 0 nitrogen and oxygen atoms in total. The molecule has 0 aliphatic heterocycles. The van der Waals surface area contributed by atoms with Crippen molar-refractivity contribution < 1.29 is 0 Å². The van der Waals surface area contributed by atoms with Gasteiger partial charge in [0.2, 0.25) is 0 Å². The van der Waals surface area contributed by atoms with Crippen molar-refractivity contribution in [2.75, 3.05) is 0 Å². The highest BCUT2D eigenvalue weighted by Gasteiger charge is 2.14. The van der Waals surface area contributed by atoms with Gasteiger partial charge in [-0.2, -0.15) is 0 Å². The second-order valence-corrected chi connectivity index (χ2v) is 11.7. The van der Waals surface area contributed by atoms with Crippen molar-refractivity contribution in [2.24, 2.45) is 0 Å². The van der Waals surface area contributed by atoms with E-state index in [0.717, 1.165) is 0 Å². The highest BCUT2D eigenvalue weighted by molar-refractivity contribution is 6.83. The summed E-state index contributed by atoms with van der Waals surface area (Å²) in [6, 6.07) is 25.8. The first-order chi connectivity index (χ1) is 11.0. The van der Waals surface area contributed by atoms with Crippen molar-refractivity contribution in [1.82, 2.24) is 0 Å².